The van der Waals surface area contributed by atoms with E-state index in [-0.39, 0.29) is 24.1 Å². The van der Waals surface area contributed by atoms with Gasteiger partial charge in [-0.3, -0.25) is 14.5 Å². The number of likely N-dealkylation sites (tertiary alicyclic amines) is 1. The third-order valence-electron chi connectivity index (χ3n) is 3.15. The van der Waals surface area contributed by atoms with Crippen LogP contribution in [-0.4, -0.2) is 55.8 Å². The van der Waals surface area contributed by atoms with Crippen LogP contribution in [0.5, 0.6) is 0 Å². The Hall–Kier alpha value is -0.950. The third kappa shape index (κ3) is 3.52. The summed E-state index contributed by atoms with van der Waals surface area (Å²) in [5.41, 5.74) is 0. The average Bonchev–Trinajstić information content (AvgIpc) is 2.29. The van der Waals surface area contributed by atoms with Crippen LogP contribution in [0, 0.1) is 0 Å². The minimum absolute atomic E-state index is 0.00606. The molecule has 0 radical (unpaired) electrons. The van der Waals surface area contributed by atoms with Gasteiger partial charge in [-0.1, -0.05) is 0 Å². The number of carbonyl (C=O) groups excluding carboxylic acids is 2. The largest absolute Gasteiger partial charge is 0.305 e. The number of nitrogens with one attached hydrogen (secondary N) is 1. The van der Waals surface area contributed by atoms with E-state index in [1.807, 2.05) is 0 Å². The molecule has 1 saturated heterocycles. The molecule has 18 heavy (non-hydrogen) atoms. The molecule has 0 aromatic rings. The van der Waals surface area contributed by atoms with Gasteiger partial charge in [-0.25, -0.2) is 8.42 Å². The lowest BCUT2D eigenvalue weighted by Crippen LogP contribution is -2.52. The first-order valence-corrected chi connectivity index (χ1v) is 7.72. The highest BCUT2D eigenvalue weighted by molar-refractivity contribution is 7.92. The quantitative estimate of drug-likeness (QED) is 0.687. The fraction of sp³-hybridized carbons (Fsp3) is 0.818. The first-order valence-electron chi connectivity index (χ1n) is 6.01. The van der Waals surface area contributed by atoms with Gasteiger partial charge in [0.1, 0.15) is 0 Å². The molecular weight excluding hydrogens is 256 g/mol. The molecule has 0 spiro atoms. The van der Waals surface area contributed by atoms with E-state index in [0.717, 1.165) is 4.90 Å². The summed E-state index contributed by atoms with van der Waals surface area (Å²) < 4.78 is 23.2. The van der Waals surface area contributed by atoms with Crippen molar-refractivity contribution in [3.05, 3.63) is 0 Å². The standard InChI is InChI=1S/C11H20N2O4S/c1-8(2)18(16,17)7-6-12-9-4-5-10(14)13(3)11(9)15/h8-9,12H,4-7H2,1-3H3. The number of likely N-dealkylation sites (N-methyl/N-ethyl adjacent to an activating group) is 1. The maximum Gasteiger partial charge on any atom is 0.246 e. The Labute approximate surface area is 108 Å². The van der Waals surface area contributed by atoms with Crippen LogP contribution in [-0.2, 0) is 19.4 Å². The normalized spacial score (nSPS) is 21.8. The van der Waals surface area contributed by atoms with Crippen LogP contribution < -0.4 is 5.32 Å². The molecule has 1 aliphatic rings. The number of imide groups is 1. The van der Waals surface area contributed by atoms with Crippen LogP contribution in [0.3, 0.4) is 0 Å². The van der Waals surface area contributed by atoms with Gasteiger partial charge in [-0.05, 0) is 20.3 Å². The summed E-state index contributed by atoms with van der Waals surface area (Å²) in [7, 11) is -1.65. The zero-order chi connectivity index (χ0) is 13.9. The number of hydrogen-bond acceptors (Lipinski definition) is 5. The summed E-state index contributed by atoms with van der Waals surface area (Å²) in [6, 6.07) is -0.449. The molecule has 7 heteroatoms. The molecule has 1 aliphatic heterocycles. The molecule has 0 bridgehead atoms. The van der Waals surface area contributed by atoms with E-state index < -0.39 is 21.1 Å². The lowest BCUT2D eigenvalue weighted by Gasteiger charge is -2.28. The fourth-order valence-electron chi connectivity index (χ4n) is 1.72. The topological polar surface area (TPSA) is 83.6 Å². The Kier molecular flexibility index (Phi) is 4.86. The van der Waals surface area contributed by atoms with Crippen LogP contribution >= 0.6 is 0 Å². The van der Waals surface area contributed by atoms with Gasteiger partial charge < -0.3 is 5.32 Å². The number of piperidine rings is 1. The number of nitrogens with zero attached hydrogens (tertiary/aromatic N) is 1. The Morgan fingerprint density at radius 2 is 2.00 bits per heavy atom. The van der Waals surface area contributed by atoms with E-state index >= 15 is 0 Å². The lowest BCUT2D eigenvalue weighted by molar-refractivity contribution is -0.148. The molecule has 1 heterocycles. The van der Waals surface area contributed by atoms with Crippen molar-refractivity contribution < 1.29 is 18.0 Å². The van der Waals surface area contributed by atoms with Gasteiger partial charge in [0.25, 0.3) is 0 Å². The maximum atomic E-state index is 11.7. The molecule has 1 rings (SSSR count). The van der Waals surface area contributed by atoms with E-state index in [1.54, 1.807) is 13.8 Å². The number of amides is 2. The Morgan fingerprint density at radius 3 is 2.56 bits per heavy atom. The van der Waals surface area contributed by atoms with Crippen LogP contribution in [0.15, 0.2) is 0 Å². The highest BCUT2D eigenvalue weighted by atomic mass is 32.2. The summed E-state index contributed by atoms with van der Waals surface area (Å²) in [5, 5.41) is 2.50. The Balaban J connectivity index is 2.46. The second kappa shape index (κ2) is 5.79. The summed E-state index contributed by atoms with van der Waals surface area (Å²) >= 11 is 0. The summed E-state index contributed by atoms with van der Waals surface area (Å²) in [5.74, 6) is -0.465. The molecule has 0 aromatic heterocycles. The van der Waals surface area contributed by atoms with Crippen molar-refractivity contribution >= 4 is 21.7 Å². The van der Waals surface area contributed by atoms with Crippen LogP contribution in [0.2, 0.25) is 0 Å². The number of hydrogen-bond donors (Lipinski definition) is 1. The number of carbonyl (C=O) groups is 2. The smallest absolute Gasteiger partial charge is 0.246 e. The molecule has 1 N–H and O–H groups in total. The third-order valence-corrected chi connectivity index (χ3v) is 5.35. The predicted octanol–water partition coefficient (Wildman–Crippen LogP) is -0.453. The van der Waals surface area contributed by atoms with Gasteiger partial charge in [0.15, 0.2) is 9.84 Å². The van der Waals surface area contributed by atoms with Gasteiger partial charge >= 0.3 is 0 Å². The molecule has 0 aliphatic carbocycles. The van der Waals surface area contributed by atoms with Gasteiger partial charge in [-0.2, -0.15) is 0 Å². The molecule has 1 fully saturated rings. The van der Waals surface area contributed by atoms with Crippen molar-refractivity contribution in [1.82, 2.24) is 10.2 Å². The van der Waals surface area contributed by atoms with Crippen molar-refractivity contribution in [2.45, 2.75) is 38.0 Å². The molecule has 2 amide bonds. The molecule has 1 unspecified atom stereocenters. The molecule has 104 valence electrons. The first kappa shape index (κ1) is 15.1. The Morgan fingerprint density at radius 1 is 1.39 bits per heavy atom. The van der Waals surface area contributed by atoms with Gasteiger partial charge in [0.05, 0.1) is 17.0 Å². The second-order valence-corrected chi connectivity index (χ2v) is 7.43. The van der Waals surface area contributed by atoms with Crippen molar-refractivity contribution in [3.8, 4) is 0 Å². The number of sulfone groups is 1. The van der Waals surface area contributed by atoms with Gasteiger partial charge in [0.2, 0.25) is 11.8 Å². The Bertz CT molecular complexity index is 430. The van der Waals surface area contributed by atoms with Gasteiger partial charge in [0, 0.05) is 20.0 Å². The van der Waals surface area contributed by atoms with E-state index in [0.29, 0.717) is 12.8 Å². The summed E-state index contributed by atoms with van der Waals surface area (Å²) in [6.07, 6.45) is 0.751. The number of rotatable bonds is 5. The summed E-state index contributed by atoms with van der Waals surface area (Å²) in [4.78, 5) is 24.1. The average molecular weight is 276 g/mol. The molecule has 1 atom stereocenters. The maximum absolute atomic E-state index is 11.7. The summed E-state index contributed by atoms with van der Waals surface area (Å²) in [6.45, 7) is 3.50. The molecular formula is C11H20N2O4S. The van der Waals surface area contributed by atoms with Crippen LogP contribution in [0.25, 0.3) is 0 Å². The lowest BCUT2D eigenvalue weighted by atomic mass is 10.1. The molecule has 0 saturated carbocycles. The SMILES string of the molecule is CC(C)S(=O)(=O)CCNC1CCC(=O)N(C)C1=O. The molecule has 6 nitrogen and oxygen atoms in total. The monoisotopic (exact) mass is 276 g/mol. The van der Waals surface area contributed by atoms with E-state index in [1.165, 1.54) is 7.05 Å². The van der Waals surface area contributed by atoms with Crippen molar-refractivity contribution in [2.75, 3.05) is 19.3 Å². The molecule has 0 aromatic carbocycles. The highest BCUT2D eigenvalue weighted by Gasteiger charge is 2.31. The highest BCUT2D eigenvalue weighted by Crippen LogP contribution is 2.11. The first-order chi connectivity index (χ1) is 8.25. The van der Waals surface area contributed by atoms with Gasteiger partial charge in [-0.15, -0.1) is 0 Å². The minimum atomic E-state index is -3.10. The van der Waals surface area contributed by atoms with Crippen molar-refractivity contribution in [2.24, 2.45) is 0 Å². The predicted molar refractivity (Wildman–Crippen MR) is 67.7 cm³/mol. The van der Waals surface area contributed by atoms with Crippen LogP contribution in [0.4, 0.5) is 0 Å². The van der Waals surface area contributed by atoms with E-state index in [4.69, 9.17) is 0 Å². The minimum Gasteiger partial charge on any atom is -0.305 e. The van der Waals surface area contributed by atoms with E-state index in [9.17, 15) is 18.0 Å². The second-order valence-electron chi connectivity index (χ2n) is 4.75. The van der Waals surface area contributed by atoms with Crippen molar-refractivity contribution in [3.63, 3.8) is 0 Å². The van der Waals surface area contributed by atoms with E-state index in [2.05, 4.69) is 5.32 Å². The fourth-order valence-corrected chi connectivity index (χ4v) is 2.59. The van der Waals surface area contributed by atoms with Crippen LogP contribution in [0.1, 0.15) is 26.7 Å². The zero-order valence-electron chi connectivity index (χ0n) is 11.0. The zero-order valence-corrected chi connectivity index (χ0v) is 11.8. The van der Waals surface area contributed by atoms with Crippen molar-refractivity contribution in [1.29, 1.82) is 0 Å².